The molecule has 0 N–H and O–H groups in total. The van der Waals surface area contributed by atoms with Gasteiger partial charge >= 0.3 is 0 Å². The zero-order valence-electron chi connectivity index (χ0n) is 12.3. The molecule has 5 heteroatoms. The first-order valence-electron chi connectivity index (χ1n) is 6.44. The second-order valence-electron chi connectivity index (χ2n) is 5.09. The van der Waals surface area contributed by atoms with Gasteiger partial charge in [0, 0.05) is 8.95 Å². The van der Waals surface area contributed by atoms with E-state index in [2.05, 4.69) is 31.9 Å². The Hall–Kier alpha value is -0.650. The summed E-state index contributed by atoms with van der Waals surface area (Å²) in [7, 11) is -3.52. The molecule has 0 heterocycles. The van der Waals surface area contributed by atoms with E-state index >= 15 is 0 Å². The van der Waals surface area contributed by atoms with Crippen LogP contribution in [0.25, 0.3) is 0 Å². The lowest BCUT2D eigenvalue weighted by Crippen LogP contribution is -2.08. The van der Waals surface area contributed by atoms with Gasteiger partial charge in [0.05, 0.1) is 9.79 Å². The van der Waals surface area contributed by atoms with Gasteiger partial charge in [0.15, 0.2) is 0 Å². The highest BCUT2D eigenvalue weighted by atomic mass is 79.9. The van der Waals surface area contributed by atoms with Crippen LogP contribution in [0.5, 0.6) is 0 Å². The molecule has 0 bridgehead atoms. The van der Waals surface area contributed by atoms with Crippen LogP contribution in [0.1, 0.15) is 22.3 Å². The molecule has 0 radical (unpaired) electrons. The van der Waals surface area contributed by atoms with Crippen molar-refractivity contribution in [1.82, 2.24) is 0 Å². The van der Waals surface area contributed by atoms with Crippen LogP contribution in [-0.4, -0.2) is 8.42 Å². The Labute approximate surface area is 142 Å². The lowest BCUT2D eigenvalue weighted by Gasteiger charge is -2.15. The van der Waals surface area contributed by atoms with Crippen molar-refractivity contribution in [2.24, 2.45) is 0 Å². The molecule has 2 nitrogen and oxygen atoms in total. The average Bonchev–Trinajstić information content (AvgIpc) is 2.41. The third-order valence-corrected chi connectivity index (χ3v) is 7.68. The molecule has 0 saturated heterocycles. The van der Waals surface area contributed by atoms with Crippen molar-refractivity contribution in [1.29, 1.82) is 0 Å². The zero-order chi connectivity index (χ0) is 15.9. The van der Waals surface area contributed by atoms with E-state index in [1.54, 1.807) is 24.3 Å². The molecule has 21 heavy (non-hydrogen) atoms. The number of rotatable bonds is 2. The molecule has 2 aromatic carbocycles. The maximum absolute atomic E-state index is 13.0. The molecule has 0 fully saturated rings. The van der Waals surface area contributed by atoms with Crippen LogP contribution >= 0.6 is 31.9 Å². The van der Waals surface area contributed by atoms with Gasteiger partial charge in [-0.25, -0.2) is 8.42 Å². The Morgan fingerprint density at radius 2 is 1.00 bits per heavy atom. The van der Waals surface area contributed by atoms with E-state index < -0.39 is 9.84 Å². The summed E-state index contributed by atoms with van der Waals surface area (Å²) in [5, 5.41) is 0. The van der Waals surface area contributed by atoms with Crippen LogP contribution in [0.3, 0.4) is 0 Å². The van der Waals surface area contributed by atoms with E-state index in [9.17, 15) is 8.42 Å². The Bertz CT molecular complexity index is 761. The van der Waals surface area contributed by atoms with Gasteiger partial charge in [0.25, 0.3) is 0 Å². The first-order valence-corrected chi connectivity index (χ1v) is 9.51. The van der Waals surface area contributed by atoms with Crippen LogP contribution in [0.15, 0.2) is 43.0 Å². The monoisotopic (exact) mass is 430 g/mol. The van der Waals surface area contributed by atoms with Crippen LogP contribution < -0.4 is 0 Å². The predicted octanol–water partition coefficient (Wildman–Crippen LogP) is 5.28. The molecule has 2 aromatic rings. The lowest BCUT2D eigenvalue weighted by atomic mass is 10.1. The average molecular weight is 432 g/mol. The van der Waals surface area contributed by atoms with Crippen molar-refractivity contribution in [2.45, 2.75) is 37.5 Å². The van der Waals surface area contributed by atoms with E-state index in [4.69, 9.17) is 0 Å². The summed E-state index contributed by atoms with van der Waals surface area (Å²) < 4.78 is 27.8. The smallest absolute Gasteiger partial charge is 0.207 e. The molecule has 0 aliphatic heterocycles. The van der Waals surface area contributed by atoms with E-state index in [0.717, 1.165) is 31.2 Å². The van der Waals surface area contributed by atoms with E-state index in [-0.39, 0.29) is 0 Å². The molecule has 112 valence electrons. The van der Waals surface area contributed by atoms with Crippen molar-refractivity contribution in [3.05, 3.63) is 55.5 Å². The second kappa shape index (κ2) is 5.86. The lowest BCUT2D eigenvalue weighted by molar-refractivity contribution is 0.594. The molecule has 0 spiro atoms. The van der Waals surface area contributed by atoms with Crippen molar-refractivity contribution in [2.75, 3.05) is 0 Å². The normalized spacial score (nSPS) is 11.7. The van der Waals surface area contributed by atoms with Crippen LogP contribution in [0.4, 0.5) is 0 Å². The molecule has 0 aromatic heterocycles. The summed E-state index contributed by atoms with van der Waals surface area (Å²) in [5.74, 6) is 0. The van der Waals surface area contributed by atoms with Gasteiger partial charge < -0.3 is 0 Å². The Morgan fingerprint density at radius 3 is 1.33 bits per heavy atom. The van der Waals surface area contributed by atoms with Gasteiger partial charge in [-0.3, -0.25) is 0 Å². The van der Waals surface area contributed by atoms with Crippen LogP contribution in [0.2, 0.25) is 0 Å². The predicted molar refractivity (Wildman–Crippen MR) is 92.7 cm³/mol. The van der Waals surface area contributed by atoms with Gasteiger partial charge in [0.1, 0.15) is 0 Å². The van der Waals surface area contributed by atoms with Crippen LogP contribution in [-0.2, 0) is 9.84 Å². The van der Waals surface area contributed by atoms with Crippen molar-refractivity contribution in [3.63, 3.8) is 0 Å². The van der Waals surface area contributed by atoms with Crippen molar-refractivity contribution < 1.29 is 8.42 Å². The zero-order valence-corrected chi connectivity index (χ0v) is 16.3. The fourth-order valence-corrected chi connectivity index (χ4v) is 4.93. The van der Waals surface area contributed by atoms with Crippen molar-refractivity contribution in [3.8, 4) is 0 Å². The highest BCUT2D eigenvalue weighted by molar-refractivity contribution is 9.10. The first kappa shape index (κ1) is 16.7. The number of benzene rings is 2. The Balaban J connectivity index is 2.75. The highest BCUT2D eigenvalue weighted by Gasteiger charge is 2.24. The van der Waals surface area contributed by atoms with Gasteiger partial charge in [-0.1, -0.05) is 31.9 Å². The molecular weight excluding hydrogens is 416 g/mol. The largest absolute Gasteiger partial charge is 0.218 e. The Morgan fingerprint density at radius 1 is 0.667 bits per heavy atom. The van der Waals surface area contributed by atoms with Gasteiger partial charge in [-0.05, 0) is 74.2 Å². The van der Waals surface area contributed by atoms with E-state index in [0.29, 0.717) is 9.79 Å². The number of hydrogen-bond donors (Lipinski definition) is 0. The van der Waals surface area contributed by atoms with E-state index in [1.807, 2.05) is 27.7 Å². The summed E-state index contributed by atoms with van der Waals surface area (Å²) in [6, 6.07) is 6.91. The summed E-state index contributed by atoms with van der Waals surface area (Å²) in [4.78, 5) is 0.737. The number of sulfone groups is 1. The molecule has 2 rings (SSSR count). The van der Waals surface area contributed by atoms with E-state index in [1.165, 1.54) is 0 Å². The molecule has 0 amide bonds. The topological polar surface area (TPSA) is 34.1 Å². The molecule has 0 atom stereocenters. The SMILES string of the molecule is Cc1c(Br)ccc(S(=O)(=O)c2ccc(Br)c(C)c2C)c1C. The minimum Gasteiger partial charge on any atom is -0.218 e. The second-order valence-corrected chi connectivity index (χ2v) is 8.69. The maximum Gasteiger partial charge on any atom is 0.207 e. The third-order valence-electron chi connectivity index (χ3n) is 3.92. The third kappa shape index (κ3) is 2.83. The van der Waals surface area contributed by atoms with Gasteiger partial charge in [-0.2, -0.15) is 0 Å². The van der Waals surface area contributed by atoms with Crippen molar-refractivity contribution >= 4 is 41.7 Å². The van der Waals surface area contributed by atoms with Gasteiger partial charge in [0.2, 0.25) is 9.84 Å². The summed E-state index contributed by atoms with van der Waals surface area (Å²) >= 11 is 6.88. The standard InChI is InChI=1S/C16H16Br2O2S/c1-9-11(3)15(7-5-13(9)17)21(19,20)16-8-6-14(18)10(2)12(16)4/h5-8H,1-4H3. The van der Waals surface area contributed by atoms with Gasteiger partial charge in [-0.15, -0.1) is 0 Å². The minimum absolute atomic E-state index is 0.369. The summed E-state index contributed by atoms with van der Waals surface area (Å²) in [6.07, 6.45) is 0. The fraction of sp³-hybridized carbons (Fsp3) is 0.250. The highest BCUT2D eigenvalue weighted by Crippen LogP contribution is 2.33. The minimum atomic E-state index is -3.52. The first-order chi connectivity index (χ1) is 9.67. The number of halogens is 2. The molecule has 0 unspecified atom stereocenters. The quantitative estimate of drug-likeness (QED) is 0.648. The molecule has 0 saturated carbocycles. The summed E-state index contributed by atoms with van der Waals surface area (Å²) in [5.41, 5.74) is 3.46. The summed E-state index contributed by atoms with van der Waals surface area (Å²) in [6.45, 7) is 7.51. The number of hydrogen-bond acceptors (Lipinski definition) is 2. The molecule has 0 aliphatic rings. The fourth-order valence-electron chi connectivity index (χ4n) is 2.23. The van der Waals surface area contributed by atoms with Crippen LogP contribution in [0, 0.1) is 27.7 Å². The Kier molecular flexibility index (Phi) is 4.66. The maximum atomic E-state index is 13.0. The molecule has 0 aliphatic carbocycles. The molecular formula is C16H16Br2O2S.